The van der Waals surface area contributed by atoms with Gasteiger partial charge in [0.25, 0.3) is 5.91 Å². The van der Waals surface area contributed by atoms with E-state index in [9.17, 15) is 13.2 Å². The Bertz CT molecular complexity index is 916. The van der Waals surface area contributed by atoms with Crippen LogP contribution in [0.25, 0.3) is 0 Å². The first-order valence-electron chi connectivity index (χ1n) is 9.38. The Morgan fingerprint density at radius 1 is 1.26 bits per heavy atom. The zero-order valence-corrected chi connectivity index (χ0v) is 16.9. The fourth-order valence-corrected chi connectivity index (χ4v) is 5.10. The van der Waals surface area contributed by atoms with E-state index in [1.165, 1.54) is 22.1 Å². The molecule has 0 saturated carbocycles. The molecule has 0 radical (unpaired) electrons. The number of benzene rings is 1. The highest BCUT2D eigenvalue weighted by Gasteiger charge is 2.30. The second-order valence-electron chi connectivity index (χ2n) is 7.29. The fraction of sp³-hybridized carbons (Fsp3) is 0.450. The van der Waals surface area contributed by atoms with Crippen molar-refractivity contribution in [2.24, 2.45) is 13.0 Å². The number of aryl methyl sites for hydroxylation is 2. The van der Waals surface area contributed by atoms with Crippen LogP contribution in [-0.4, -0.2) is 36.3 Å². The molecule has 2 aromatic rings. The highest BCUT2D eigenvalue weighted by molar-refractivity contribution is 7.89. The van der Waals surface area contributed by atoms with Crippen molar-refractivity contribution in [3.05, 3.63) is 47.8 Å². The molecule has 3 rings (SSSR count). The van der Waals surface area contributed by atoms with Crippen LogP contribution in [0.5, 0.6) is 0 Å². The van der Waals surface area contributed by atoms with E-state index in [1.807, 2.05) is 24.3 Å². The first-order valence-corrected chi connectivity index (χ1v) is 10.8. The minimum Gasteiger partial charge on any atom is -0.345 e. The van der Waals surface area contributed by atoms with Crippen LogP contribution in [0.3, 0.4) is 0 Å². The van der Waals surface area contributed by atoms with E-state index in [-0.39, 0.29) is 10.8 Å². The van der Waals surface area contributed by atoms with Gasteiger partial charge in [-0.3, -0.25) is 4.79 Å². The minimum atomic E-state index is -3.58. The lowest BCUT2D eigenvalue weighted by atomic mass is 10.0. The van der Waals surface area contributed by atoms with Crippen molar-refractivity contribution >= 4 is 21.6 Å². The molecule has 1 N–H and O–H groups in total. The molecule has 27 heavy (non-hydrogen) atoms. The van der Waals surface area contributed by atoms with Gasteiger partial charge in [-0.2, -0.15) is 4.31 Å². The molecule has 0 spiro atoms. The maximum Gasteiger partial charge on any atom is 0.272 e. The summed E-state index contributed by atoms with van der Waals surface area (Å²) in [6.45, 7) is 5.20. The third-order valence-corrected chi connectivity index (χ3v) is 6.92. The van der Waals surface area contributed by atoms with Crippen LogP contribution in [0.1, 0.15) is 42.7 Å². The quantitative estimate of drug-likeness (QED) is 0.853. The van der Waals surface area contributed by atoms with E-state index in [1.54, 1.807) is 11.6 Å². The molecule has 6 nitrogen and oxygen atoms in total. The number of hydrogen-bond donors (Lipinski definition) is 1. The van der Waals surface area contributed by atoms with Crippen LogP contribution in [0.4, 0.5) is 5.69 Å². The van der Waals surface area contributed by atoms with Crippen molar-refractivity contribution < 1.29 is 13.2 Å². The number of aromatic nitrogens is 1. The Morgan fingerprint density at radius 3 is 2.59 bits per heavy atom. The topological polar surface area (TPSA) is 71.4 Å². The Morgan fingerprint density at radius 2 is 1.96 bits per heavy atom. The van der Waals surface area contributed by atoms with Crippen molar-refractivity contribution in [1.29, 1.82) is 0 Å². The number of nitrogens with zero attached hydrogens (tertiary/aromatic N) is 2. The molecule has 1 aliphatic rings. The number of anilines is 1. The van der Waals surface area contributed by atoms with Crippen molar-refractivity contribution in [2.75, 3.05) is 18.4 Å². The average Bonchev–Trinajstić information content (AvgIpc) is 3.05. The molecule has 146 valence electrons. The number of hydrogen-bond acceptors (Lipinski definition) is 3. The predicted octanol–water partition coefficient (Wildman–Crippen LogP) is 3.26. The summed E-state index contributed by atoms with van der Waals surface area (Å²) >= 11 is 0. The standard InChI is InChI=1S/C20H27N3O3S/c1-4-16-7-9-17(10-8-16)21-20(24)19-12-18(14-22(19)3)27(25,26)23-11-5-6-15(2)13-23/h7-10,12,14-15H,4-6,11,13H2,1-3H3,(H,21,24). The number of carbonyl (C=O) groups is 1. The van der Waals surface area contributed by atoms with E-state index < -0.39 is 10.0 Å². The van der Waals surface area contributed by atoms with Gasteiger partial charge in [-0.25, -0.2) is 8.42 Å². The average molecular weight is 390 g/mol. The normalized spacial score (nSPS) is 18.4. The van der Waals surface area contributed by atoms with Gasteiger partial charge in [-0.15, -0.1) is 0 Å². The van der Waals surface area contributed by atoms with Crippen LogP contribution < -0.4 is 5.32 Å². The zero-order valence-electron chi connectivity index (χ0n) is 16.1. The predicted molar refractivity (Wildman–Crippen MR) is 106 cm³/mol. The van der Waals surface area contributed by atoms with E-state index in [2.05, 4.69) is 19.2 Å². The maximum absolute atomic E-state index is 12.9. The van der Waals surface area contributed by atoms with E-state index in [0.717, 1.165) is 19.3 Å². The molecule has 7 heteroatoms. The summed E-state index contributed by atoms with van der Waals surface area (Å²) in [5.41, 5.74) is 2.20. The Labute approximate surface area is 161 Å². The largest absolute Gasteiger partial charge is 0.345 e. The van der Waals surface area contributed by atoms with Crippen LogP contribution >= 0.6 is 0 Å². The smallest absolute Gasteiger partial charge is 0.272 e. The number of piperidine rings is 1. The Balaban J connectivity index is 1.79. The summed E-state index contributed by atoms with van der Waals surface area (Å²) in [7, 11) is -1.89. The third kappa shape index (κ3) is 4.25. The van der Waals surface area contributed by atoms with E-state index >= 15 is 0 Å². The molecular weight excluding hydrogens is 362 g/mol. The number of carbonyl (C=O) groups excluding carboxylic acids is 1. The lowest BCUT2D eigenvalue weighted by Gasteiger charge is -2.29. The van der Waals surface area contributed by atoms with Gasteiger partial charge >= 0.3 is 0 Å². The molecule has 1 aliphatic heterocycles. The maximum atomic E-state index is 12.9. The monoisotopic (exact) mass is 389 g/mol. The molecule has 1 atom stereocenters. The van der Waals surface area contributed by atoms with Crippen molar-refractivity contribution in [3.8, 4) is 0 Å². The second-order valence-corrected chi connectivity index (χ2v) is 9.22. The first-order chi connectivity index (χ1) is 12.8. The van der Waals surface area contributed by atoms with Gasteiger partial charge in [0.05, 0.1) is 0 Å². The van der Waals surface area contributed by atoms with Crippen molar-refractivity contribution in [1.82, 2.24) is 8.87 Å². The van der Waals surface area contributed by atoms with Gasteiger partial charge in [0.15, 0.2) is 0 Å². The molecule has 1 unspecified atom stereocenters. The summed E-state index contributed by atoms with van der Waals surface area (Å²) in [5.74, 6) is 0.0290. The van der Waals surface area contributed by atoms with Crippen molar-refractivity contribution in [3.63, 3.8) is 0 Å². The molecule has 1 saturated heterocycles. The van der Waals surface area contributed by atoms with Crippen LogP contribution in [0.2, 0.25) is 0 Å². The van der Waals surface area contributed by atoms with Crippen LogP contribution in [0, 0.1) is 5.92 Å². The van der Waals surface area contributed by atoms with Gasteiger partial charge < -0.3 is 9.88 Å². The van der Waals surface area contributed by atoms with E-state index in [0.29, 0.717) is 30.4 Å². The summed E-state index contributed by atoms with van der Waals surface area (Å²) in [6.07, 6.45) is 4.37. The zero-order chi connectivity index (χ0) is 19.6. The van der Waals surface area contributed by atoms with Crippen molar-refractivity contribution in [2.45, 2.75) is 38.0 Å². The highest BCUT2D eigenvalue weighted by Crippen LogP contribution is 2.25. The molecule has 1 fully saturated rings. The van der Waals surface area contributed by atoms with Gasteiger partial charge in [-0.05, 0) is 48.9 Å². The number of sulfonamides is 1. The van der Waals surface area contributed by atoms with Gasteiger partial charge in [0.2, 0.25) is 10.0 Å². The number of amides is 1. The SMILES string of the molecule is CCc1ccc(NC(=O)c2cc(S(=O)(=O)N3CCCC(C)C3)cn2C)cc1. The summed E-state index contributed by atoms with van der Waals surface area (Å²) in [4.78, 5) is 12.8. The molecule has 0 bridgehead atoms. The molecule has 1 aromatic carbocycles. The highest BCUT2D eigenvalue weighted by atomic mass is 32.2. The summed E-state index contributed by atoms with van der Waals surface area (Å²) in [6, 6.07) is 9.10. The lowest BCUT2D eigenvalue weighted by Crippen LogP contribution is -2.38. The molecule has 0 aliphatic carbocycles. The Hall–Kier alpha value is -2.12. The molecule has 1 aromatic heterocycles. The van der Waals surface area contributed by atoms with Gasteiger partial charge in [0, 0.05) is 32.0 Å². The molecule has 1 amide bonds. The van der Waals surface area contributed by atoms with E-state index in [4.69, 9.17) is 0 Å². The minimum absolute atomic E-state index is 0.172. The number of rotatable bonds is 5. The third-order valence-electron chi connectivity index (χ3n) is 5.09. The van der Waals surface area contributed by atoms with Crippen LogP contribution in [0.15, 0.2) is 41.4 Å². The summed E-state index contributed by atoms with van der Waals surface area (Å²) in [5, 5.41) is 2.83. The molecule has 2 heterocycles. The fourth-order valence-electron chi connectivity index (χ4n) is 3.43. The first kappa shape index (κ1) is 19.6. The Kier molecular flexibility index (Phi) is 5.72. The second kappa shape index (κ2) is 7.86. The van der Waals surface area contributed by atoms with Gasteiger partial charge in [-0.1, -0.05) is 26.0 Å². The van der Waals surface area contributed by atoms with Crippen LogP contribution in [-0.2, 0) is 23.5 Å². The lowest BCUT2D eigenvalue weighted by molar-refractivity contribution is 0.101. The van der Waals surface area contributed by atoms with Gasteiger partial charge in [0.1, 0.15) is 10.6 Å². The number of nitrogens with one attached hydrogen (secondary N) is 1. The molecular formula is C20H27N3O3S. The summed E-state index contributed by atoms with van der Waals surface area (Å²) < 4.78 is 29.0.